The molecule has 2 rings (SSSR count). The van der Waals surface area contributed by atoms with Gasteiger partial charge in [-0.1, -0.05) is 39.5 Å². The molecule has 0 bridgehead atoms. The van der Waals surface area contributed by atoms with Crippen molar-refractivity contribution in [1.29, 1.82) is 0 Å². The largest absolute Gasteiger partial charge is 0.342 e. The van der Waals surface area contributed by atoms with E-state index in [2.05, 4.69) is 18.7 Å². The Bertz CT molecular complexity index is 293. The molecule has 2 N–H and O–H groups in total. The quantitative estimate of drug-likeness (QED) is 0.729. The first-order valence-electron chi connectivity index (χ1n) is 7.55. The average Bonchev–Trinajstić information content (AvgIpc) is 2.60. The molecule has 2 fully saturated rings. The number of hydrogen-bond acceptors (Lipinski definition) is 2. The van der Waals surface area contributed by atoms with Gasteiger partial charge in [0.1, 0.15) is 0 Å². The van der Waals surface area contributed by atoms with Gasteiger partial charge in [-0.15, -0.1) is 0 Å². The lowest BCUT2D eigenvalue weighted by molar-refractivity contribution is -0.139. The Hall–Kier alpha value is -0.570. The lowest BCUT2D eigenvalue weighted by atomic mass is 9.79. The lowest BCUT2D eigenvalue weighted by Gasteiger charge is -2.43. The van der Waals surface area contributed by atoms with Crippen molar-refractivity contribution in [3.63, 3.8) is 0 Å². The number of likely N-dealkylation sites (tertiary alicyclic amines) is 1. The minimum atomic E-state index is 0.0681. The van der Waals surface area contributed by atoms with E-state index < -0.39 is 0 Å². The van der Waals surface area contributed by atoms with Gasteiger partial charge in [0, 0.05) is 25.0 Å². The molecule has 1 atom stereocenters. The third-order valence-electron chi connectivity index (χ3n) is 4.83. The molecule has 3 nitrogen and oxygen atoms in total. The first kappa shape index (κ1) is 13.9. The third kappa shape index (κ3) is 3.05. The number of rotatable bonds is 1. The highest BCUT2D eigenvalue weighted by Gasteiger charge is 2.37. The van der Waals surface area contributed by atoms with Crippen LogP contribution in [-0.4, -0.2) is 29.9 Å². The number of carbonyl (C=O) groups excluding carboxylic acids is 1. The molecule has 2 aliphatic rings. The monoisotopic (exact) mass is 252 g/mol. The highest BCUT2D eigenvalue weighted by atomic mass is 16.2. The molecule has 1 saturated carbocycles. The summed E-state index contributed by atoms with van der Waals surface area (Å²) in [6.45, 7) is 6.07. The van der Waals surface area contributed by atoms with E-state index in [-0.39, 0.29) is 17.4 Å². The number of carbonyl (C=O) groups is 1. The summed E-state index contributed by atoms with van der Waals surface area (Å²) in [4.78, 5) is 14.7. The lowest BCUT2D eigenvalue weighted by Crippen LogP contribution is -2.55. The third-order valence-corrected chi connectivity index (χ3v) is 4.83. The van der Waals surface area contributed by atoms with E-state index in [0.29, 0.717) is 5.91 Å². The predicted octanol–water partition coefficient (Wildman–Crippen LogP) is 2.54. The van der Waals surface area contributed by atoms with Gasteiger partial charge in [0.15, 0.2) is 0 Å². The van der Waals surface area contributed by atoms with Gasteiger partial charge in [0.2, 0.25) is 5.91 Å². The molecule has 1 aliphatic carbocycles. The summed E-state index contributed by atoms with van der Waals surface area (Å²) in [5.74, 6) is 0.689. The van der Waals surface area contributed by atoms with Crippen LogP contribution < -0.4 is 5.73 Å². The molecule has 104 valence electrons. The zero-order valence-electron chi connectivity index (χ0n) is 12.0. The zero-order chi connectivity index (χ0) is 13.2. The van der Waals surface area contributed by atoms with Gasteiger partial charge in [0.25, 0.3) is 0 Å². The zero-order valence-corrected chi connectivity index (χ0v) is 12.0. The fourth-order valence-electron chi connectivity index (χ4n) is 3.35. The molecular formula is C15H28N2O. The summed E-state index contributed by atoms with van der Waals surface area (Å²) < 4.78 is 0. The van der Waals surface area contributed by atoms with Crippen molar-refractivity contribution in [1.82, 2.24) is 4.90 Å². The second kappa shape index (κ2) is 5.60. The van der Waals surface area contributed by atoms with Crippen LogP contribution in [-0.2, 0) is 4.79 Å². The van der Waals surface area contributed by atoms with E-state index in [1.54, 1.807) is 0 Å². The molecule has 1 unspecified atom stereocenters. The summed E-state index contributed by atoms with van der Waals surface area (Å²) in [5.41, 5.74) is 6.21. The fraction of sp³-hybridized carbons (Fsp3) is 0.933. The predicted molar refractivity (Wildman–Crippen MR) is 74.1 cm³/mol. The second-order valence-corrected chi connectivity index (χ2v) is 6.83. The molecule has 1 aliphatic heterocycles. The van der Waals surface area contributed by atoms with Crippen LogP contribution in [0.25, 0.3) is 0 Å². The molecular weight excluding hydrogens is 224 g/mol. The summed E-state index contributed by atoms with van der Waals surface area (Å²) in [6, 6.07) is 0.232. The molecule has 0 aromatic carbocycles. The topological polar surface area (TPSA) is 46.3 Å². The van der Waals surface area contributed by atoms with Crippen molar-refractivity contribution in [2.24, 2.45) is 17.1 Å². The van der Waals surface area contributed by atoms with Gasteiger partial charge in [-0.2, -0.15) is 0 Å². The maximum absolute atomic E-state index is 12.6. The maximum Gasteiger partial charge on any atom is 0.225 e. The van der Waals surface area contributed by atoms with Gasteiger partial charge >= 0.3 is 0 Å². The second-order valence-electron chi connectivity index (χ2n) is 6.83. The highest BCUT2D eigenvalue weighted by Crippen LogP contribution is 2.31. The Morgan fingerprint density at radius 1 is 1.11 bits per heavy atom. The average molecular weight is 252 g/mol. The molecule has 3 heteroatoms. The van der Waals surface area contributed by atoms with Gasteiger partial charge in [-0.05, 0) is 24.7 Å². The van der Waals surface area contributed by atoms with Crippen LogP contribution in [0.5, 0.6) is 0 Å². The van der Waals surface area contributed by atoms with Gasteiger partial charge < -0.3 is 10.6 Å². The summed E-state index contributed by atoms with van der Waals surface area (Å²) in [6.07, 6.45) is 8.22. The minimum absolute atomic E-state index is 0.0681. The molecule has 0 aromatic heterocycles. The summed E-state index contributed by atoms with van der Waals surface area (Å²) >= 11 is 0. The number of amides is 1. The Balaban J connectivity index is 1.96. The van der Waals surface area contributed by atoms with Gasteiger partial charge in [-0.3, -0.25) is 4.79 Å². The number of nitrogens with zero attached hydrogens (tertiary/aromatic N) is 1. The van der Waals surface area contributed by atoms with Crippen LogP contribution in [0.15, 0.2) is 0 Å². The van der Waals surface area contributed by atoms with Crippen molar-refractivity contribution in [3.05, 3.63) is 0 Å². The van der Waals surface area contributed by atoms with Crippen molar-refractivity contribution >= 4 is 5.91 Å². The van der Waals surface area contributed by atoms with Gasteiger partial charge in [-0.25, -0.2) is 0 Å². The maximum atomic E-state index is 12.6. The van der Waals surface area contributed by atoms with Crippen LogP contribution in [0.3, 0.4) is 0 Å². The molecule has 1 saturated heterocycles. The van der Waals surface area contributed by atoms with E-state index in [9.17, 15) is 4.79 Å². The Kier molecular flexibility index (Phi) is 4.31. The molecule has 1 heterocycles. The van der Waals surface area contributed by atoms with Crippen LogP contribution in [0, 0.1) is 11.3 Å². The molecule has 1 amide bonds. The first-order chi connectivity index (χ1) is 8.50. The van der Waals surface area contributed by atoms with Crippen LogP contribution in [0.1, 0.15) is 58.8 Å². The summed E-state index contributed by atoms with van der Waals surface area (Å²) in [5, 5.41) is 0. The Morgan fingerprint density at radius 2 is 1.72 bits per heavy atom. The first-order valence-corrected chi connectivity index (χ1v) is 7.55. The molecule has 18 heavy (non-hydrogen) atoms. The fourth-order valence-corrected chi connectivity index (χ4v) is 3.35. The van der Waals surface area contributed by atoms with Crippen molar-refractivity contribution in [2.75, 3.05) is 13.1 Å². The smallest absolute Gasteiger partial charge is 0.225 e. The van der Waals surface area contributed by atoms with Crippen LogP contribution >= 0.6 is 0 Å². The minimum Gasteiger partial charge on any atom is -0.342 e. The van der Waals surface area contributed by atoms with Crippen LogP contribution in [0.4, 0.5) is 0 Å². The Labute approximate surface area is 111 Å². The van der Waals surface area contributed by atoms with E-state index >= 15 is 0 Å². The molecule has 0 spiro atoms. The standard InChI is InChI=1S/C15H28N2O/c1-15(2)11-17(10-9-13(15)16)14(18)12-7-5-3-4-6-8-12/h12-13H,3-11,16H2,1-2H3. The molecule has 0 aromatic rings. The number of nitrogens with two attached hydrogens (primary N) is 1. The number of hydrogen-bond donors (Lipinski definition) is 1. The normalized spacial score (nSPS) is 29.9. The van der Waals surface area contributed by atoms with Crippen molar-refractivity contribution < 1.29 is 4.79 Å². The summed E-state index contributed by atoms with van der Waals surface area (Å²) in [7, 11) is 0. The van der Waals surface area contributed by atoms with E-state index in [4.69, 9.17) is 5.73 Å². The van der Waals surface area contributed by atoms with E-state index in [0.717, 1.165) is 32.4 Å². The van der Waals surface area contributed by atoms with E-state index in [1.807, 2.05) is 0 Å². The Morgan fingerprint density at radius 3 is 2.28 bits per heavy atom. The SMILES string of the molecule is CC1(C)CN(C(=O)C2CCCCCC2)CCC1N. The number of piperidine rings is 1. The van der Waals surface area contributed by atoms with Crippen LogP contribution in [0.2, 0.25) is 0 Å². The van der Waals surface area contributed by atoms with E-state index in [1.165, 1.54) is 25.7 Å². The molecule has 0 radical (unpaired) electrons. The van der Waals surface area contributed by atoms with Gasteiger partial charge in [0.05, 0.1) is 0 Å². The highest BCUT2D eigenvalue weighted by molar-refractivity contribution is 5.79. The van der Waals surface area contributed by atoms with Crippen molar-refractivity contribution in [2.45, 2.75) is 64.8 Å². The van der Waals surface area contributed by atoms with Crippen molar-refractivity contribution in [3.8, 4) is 0 Å².